The summed E-state index contributed by atoms with van der Waals surface area (Å²) >= 11 is 0. The fourth-order valence-corrected chi connectivity index (χ4v) is 10.2. The number of likely N-dealkylation sites (tertiary alicyclic amines) is 1. The second-order valence-corrected chi connectivity index (χ2v) is 13.7. The minimum Gasteiger partial charge on any atom is -0.477 e. The molecule has 0 radical (unpaired) electrons. The Morgan fingerprint density at radius 2 is 1.26 bits per heavy atom. The number of hydrogen-bond acceptors (Lipinski definition) is 5. The average Bonchev–Trinajstić information content (AvgIpc) is 3.02. The Hall–Kier alpha value is -4.29. The number of carbonyl (C=O) groups is 3. The van der Waals surface area contributed by atoms with Gasteiger partial charge in [-0.25, -0.2) is 4.79 Å². The summed E-state index contributed by atoms with van der Waals surface area (Å²) < 4.78 is 0. The number of carboxylic acids is 1. The van der Waals surface area contributed by atoms with Gasteiger partial charge in [0.2, 0.25) is 5.91 Å². The Bertz CT molecular complexity index is 1530. The number of Topliss-reactive ketones (excluding diaryl/α,β-unsaturated/α-hetero) is 1. The molecule has 0 aliphatic carbocycles. The largest absolute Gasteiger partial charge is 0.477 e. The van der Waals surface area contributed by atoms with Crippen LogP contribution in [0.5, 0.6) is 0 Å². The van der Waals surface area contributed by atoms with Crippen molar-refractivity contribution in [3.8, 4) is 0 Å². The maximum Gasteiger partial charge on any atom is 0.353 e. The van der Waals surface area contributed by atoms with E-state index in [0.29, 0.717) is 12.1 Å². The zero-order chi connectivity index (χ0) is 29.9. The Labute approximate surface area is 245 Å². The highest BCUT2D eigenvalue weighted by molar-refractivity contribution is 7.96. The summed E-state index contributed by atoms with van der Waals surface area (Å²) in [5.74, 6) is -2.93. The van der Waals surface area contributed by atoms with E-state index in [-0.39, 0.29) is 17.6 Å². The first kappa shape index (κ1) is 29.2. The van der Waals surface area contributed by atoms with Crippen LogP contribution in [0.3, 0.4) is 0 Å². The Morgan fingerprint density at radius 1 is 0.810 bits per heavy atom. The molecule has 42 heavy (non-hydrogen) atoms. The predicted octanol–water partition coefficient (Wildman–Crippen LogP) is 3.13. The number of carbonyl (C=O) groups excluding carboxylic acids is 2. The number of hydrogen-bond donors (Lipinski definition) is 3. The summed E-state index contributed by atoms with van der Waals surface area (Å²) in [5.41, 5.74) is 6.93. The normalized spacial score (nSPS) is 17.3. The van der Waals surface area contributed by atoms with E-state index in [1.165, 1.54) is 11.8 Å². The Morgan fingerprint density at radius 3 is 1.64 bits per heavy atom. The van der Waals surface area contributed by atoms with Crippen LogP contribution in [-0.4, -0.2) is 50.3 Å². The molecule has 1 aliphatic heterocycles. The lowest BCUT2D eigenvalue weighted by atomic mass is 9.79. The third-order valence-electron chi connectivity index (χ3n) is 7.86. The van der Waals surface area contributed by atoms with Gasteiger partial charge in [-0.1, -0.05) is 115 Å². The average molecular weight is 581 g/mol. The van der Waals surface area contributed by atoms with Gasteiger partial charge in [-0.3, -0.25) is 9.59 Å². The number of ketones is 1. The van der Waals surface area contributed by atoms with Crippen LogP contribution in [0.2, 0.25) is 0 Å². The van der Waals surface area contributed by atoms with Crippen LogP contribution >= 0.6 is 6.89 Å². The SMILES string of the molecule is C[C@@H](O)[C@H]1C(=O)N(C(C(=O)O)=P(c2ccccc2)(c2ccccc2)c2ccccc2)[C@@H]1CC(=O)c1ccc(CN)cc1. The van der Waals surface area contributed by atoms with E-state index < -0.39 is 36.8 Å². The van der Waals surface area contributed by atoms with Crippen LogP contribution in [-0.2, 0) is 16.1 Å². The molecule has 5 rings (SSSR count). The van der Waals surface area contributed by atoms with Gasteiger partial charge >= 0.3 is 5.97 Å². The van der Waals surface area contributed by atoms with Gasteiger partial charge in [0, 0.05) is 25.4 Å². The molecule has 0 bridgehead atoms. The van der Waals surface area contributed by atoms with Crippen LogP contribution in [0.25, 0.3) is 0 Å². The van der Waals surface area contributed by atoms with Gasteiger partial charge in [-0.05, 0) is 28.4 Å². The van der Waals surface area contributed by atoms with E-state index in [1.807, 2.05) is 91.0 Å². The molecule has 3 atom stereocenters. The first-order valence-corrected chi connectivity index (χ1v) is 15.6. The maximum absolute atomic E-state index is 13.9. The lowest BCUT2D eigenvalue weighted by Crippen LogP contribution is -2.68. The lowest BCUT2D eigenvalue weighted by Gasteiger charge is -2.50. The third kappa shape index (κ3) is 5.12. The van der Waals surface area contributed by atoms with E-state index >= 15 is 0 Å². The molecule has 1 saturated heterocycles. The van der Waals surface area contributed by atoms with Crippen LogP contribution in [0.4, 0.5) is 0 Å². The highest BCUT2D eigenvalue weighted by atomic mass is 31.2. The van der Waals surface area contributed by atoms with Crippen molar-refractivity contribution in [2.24, 2.45) is 11.7 Å². The number of β-lactam (4-membered cyclic amide) rings is 1. The van der Waals surface area contributed by atoms with Gasteiger partial charge in [0.1, 0.15) is 5.42 Å². The van der Waals surface area contributed by atoms with Crippen LogP contribution in [0.1, 0.15) is 29.3 Å². The minimum atomic E-state index is -3.18. The van der Waals surface area contributed by atoms with Gasteiger partial charge < -0.3 is 20.8 Å². The predicted molar refractivity (Wildman–Crippen MR) is 167 cm³/mol. The summed E-state index contributed by atoms with van der Waals surface area (Å²) in [6.07, 6.45) is -1.21. The topological polar surface area (TPSA) is 121 Å². The molecular weight excluding hydrogens is 547 g/mol. The lowest BCUT2D eigenvalue weighted by molar-refractivity contribution is -0.156. The van der Waals surface area contributed by atoms with Crippen molar-refractivity contribution in [2.75, 3.05) is 0 Å². The molecule has 0 saturated carbocycles. The zero-order valence-electron chi connectivity index (χ0n) is 23.2. The highest BCUT2D eigenvalue weighted by Crippen LogP contribution is 2.49. The standard InChI is InChI=1S/C34H33N2O5P/c1-23(37)31-29(21-30(38)25-19-17-24(22-35)18-20-25)36(32(31)39)33(34(40)41)42(26-11-5-2-6-12-26,27-13-7-3-8-14-27)28-15-9-4-10-16-28/h2-20,23,29,31,37H,21-22,35H2,1H3,(H,40,41)/t23-,29-,31-/m1/s1. The zero-order valence-corrected chi connectivity index (χ0v) is 24.1. The van der Waals surface area contributed by atoms with Crippen molar-refractivity contribution < 1.29 is 24.6 Å². The number of aliphatic hydroxyl groups is 1. The van der Waals surface area contributed by atoms with Crippen LogP contribution in [0, 0.1) is 5.92 Å². The maximum atomic E-state index is 13.9. The number of aliphatic carboxylic acids is 1. The van der Waals surface area contributed by atoms with Crippen LogP contribution in [0.15, 0.2) is 115 Å². The summed E-state index contributed by atoms with van der Waals surface area (Å²) in [4.78, 5) is 42.2. The molecule has 0 aromatic heterocycles. The van der Waals surface area contributed by atoms with Gasteiger partial charge in [-0.2, -0.15) is 0 Å². The smallest absolute Gasteiger partial charge is 0.353 e. The first-order valence-electron chi connectivity index (χ1n) is 13.8. The first-order chi connectivity index (χ1) is 20.3. The summed E-state index contributed by atoms with van der Waals surface area (Å²) in [7, 11) is 0. The fraction of sp³-hybridized carbons (Fsp3) is 0.176. The van der Waals surface area contributed by atoms with E-state index in [2.05, 4.69) is 0 Å². The van der Waals surface area contributed by atoms with Gasteiger partial charge in [-0.15, -0.1) is 0 Å². The van der Waals surface area contributed by atoms with Crippen molar-refractivity contribution in [1.82, 2.24) is 4.90 Å². The molecule has 1 aliphatic rings. The Balaban J connectivity index is 1.79. The van der Waals surface area contributed by atoms with E-state index in [1.54, 1.807) is 24.3 Å². The number of nitrogens with two attached hydrogens (primary N) is 1. The van der Waals surface area contributed by atoms with Crippen molar-refractivity contribution >= 4 is 45.9 Å². The molecule has 0 unspecified atom stereocenters. The van der Waals surface area contributed by atoms with Crippen LogP contribution < -0.4 is 21.6 Å². The second kappa shape index (κ2) is 12.3. The van der Waals surface area contributed by atoms with E-state index in [9.17, 15) is 24.6 Å². The van der Waals surface area contributed by atoms with Gasteiger partial charge in [0.15, 0.2) is 5.78 Å². The Kier molecular flexibility index (Phi) is 8.55. The van der Waals surface area contributed by atoms with Crippen molar-refractivity contribution in [3.05, 3.63) is 126 Å². The molecule has 8 heteroatoms. The molecular formula is C34H33N2O5P. The second-order valence-electron chi connectivity index (χ2n) is 10.4. The summed E-state index contributed by atoms with van der Waals surface area (Å²) in [6, 6.07) is 34.2. The highest BCUT2D eigenvalue weighted by Gasteiger charge is 2.55. The quantitative estimate of drug-likeness (QED) is 0.151. The molecule has 214 valence electrons. The fourth-order valence-electron chi connectivity index (χ4n) is 5.89. The number of rotatable bonds is 10. The molecule has 4 N–H and O–H groups in total. The van der Waals surface area contributed by atoms with Gasteiger partial charge in [0.05, 0.1) is 18.1 Å². The molecule has 1 fully saturated rings. The monoisotopic (exact) mass is 580 g/mol. The van der Waals surface area contributed by atoms with Crippen molar-refractivity contribution in [3.63, 3.8) is 0 Å². The molecule has 0 spiro atoms. The van der Waals surface area contributed by atoms with E-state index in [4.69, 9.17) is 5.73 Å². The minimum absolute atomic E-state index is 0.0794. The number of carboxylic acid groups (broad SMARTS) is 1. The number of nitrogens with zero attached hydrogens (tertiary/aromatic N) is 1. The van der Waals surface area contributed by atoms with Crippen molar-refractivity contribution in [1.29, 1.82) is 0 Å². The number of aliphatic hydroxyl groups excluding tert-OH is 1. The van der Waals surface area contributed by atoms with Gasteiger partial charge in [0.25, 0.3) is 0 Å². The number of benzene rings is 4. The van der Waals surface area contributed by atoms with E-state index in [0.717, 1.165) is 21.5 Å². The molecule has 4 aromatic rings. The summed E-state index contributed by atoms with van der Waals surface area (Å²) in [5, 5.41) is 24.0. The van der Waals surface area contributed by atoms with Crippen molar-refractivity contribution in [2.45, 2.75) is 32.0 Å². The third-order valence-corrected chi connectivity index (χ3v) is 12.1. The molecule has 1 heterocycles. The summed E-state index contributed by atoms with van der Waals surface area (Å²) in [6.45, 7) is -1.34. The molecule has 7 nitrogen and oxygen atoms in total. The molecule has 1 amide bonds. The number of amides is 1. The molecule has 4 aromatic carbocycles.